The van der Waals surface area contributed by atoms with Crippen LogP contribution < -0.4 is 4.72 Å². The predicted molar refractivity (Wildman–Crippen MR) is 96.1 cm³/mol. The molecule has 6 heteroatoms. The number of hydrogen-bond donors (Lipinski definition) is 1. The minimum atomic E-state index is -3.34. The Hall–Kier alpha value is -1.76. The maximum Gasteiger partial charge on any atom is 0.214 e. The Morgan fingerprint density at radius 2 is 1.60 bits per heavy atom. The fraction of sp³-hybridized carbons (Fsp3) is 0.368. The van der Waals surface area contributed by atoms with E-state index < -0.39 is 15.3 Å². The molecule has 1 fully saturated rings. The van der Waals surface area contributed by atoms with Crippen molar-refractivity contribution in [3.63, 3.8) is 0 Å². The number of benzene rings is 2. The molecule has 3 rings (SSSR count). The van der Waals surface area contributed by atoms with Gasteiger partial charge in [-0.2, -0.15) is 0 Å². The third kappa shape index (κ3) is 4.08. The molecule has 2 aromatic rings. The smallest absolute Gasteiger partial charge is 0.214 e. The van der Waals surface area contributed by atoms with Crippen molar-refractivity contribution in [3.05, 3.63) is 59.9 Å². The van der Waals surface area contributed by atoms with Gasteiger partial charge in [-0.3, -0.25) is 0 Å². The standard InChI is InChI=1S/C19H22FNO3S/c1-13(2)25(22,23)21-18-11-12-24-19(18)16-5-3-14(4-6-16)15-7-9-17(20)10-8-15/h3-10,13,18-19,21H,11-12H2,1-2H3/t18-,19-/m1/s1. The monoisotopic (exact) mass is 363 g/mol. The molecule has 0 spiro atoms. The molecular weight excluding hydrogens is 341 g/mol. The summed E-state index contributed by atoms with van der Waals surface area (Å²) in [6.45, 7) is 3.84. The third-order valence-electron chi connectivity index (χ3n) is 4.44. The number of rotatable bonds is 5. The van der Waals surface area contributed by atoms with E-state index in [4.69, 9.17) is 4.74 Å². The maximum atomic E-state index is 13.0. The van der Waals surface area contributed by atoms with Gasteiger partial charge < -0.3 is 4.74 Å². The Balaban J connectivity index is 1.78. The summed E-state index contributed by atoms with van der Waals surface area (Å²) in [6.07, 6.45) is 0.354. The predicted octanol–water partition coefficient (Wildman–Crippen LogP) is 3.65. The van der Waals surface area contributed by atoms with Crippen molar-refractivity contribution in [3.8, 4) is 11.1 Å². The van der Waals surface area contributed by atoms with Crippen LogP contribution in [0.1, 0.15) is 31.9 Å². The SMILES string of the molecule is CC(C)S(=O)(=O)N[C@@H]1CCO[C@@H]1c1ccc(-c2ccc(F)cc2)cc1. The van der Waals surface area contributed by atoms with E-state index in [1.165, 1.54) is 12.1 Å². The summed E-state index contributed by atoms with van der Waals surface area (Å²) in [7, 11) is -3.34. The van der Waals surface area contributed by atoms with Gasteiger partial charge in [0.15, 0.2) is 0 Å². The Bertz CT molecular complexity index is 817. The zero-order valence-electron chi connectivity index (χ0n) is 14.3. The average Bonchev–Trinajstić information content (AvgIpc) is 3.03. The largest absolute Gasteiger partial charge is 0.372 e. The van der Waals surface area contributed by atoms with Crippen molar-refractivity contribution < 1.29 is 17.5 Å². The van der Waals surface area contributed by atoms with Crippen LogP contribution in [0.4, 0.5) is 4.39 Å². The Labute approximate surface area is 148 Å². The van der Waals surface area contributed by atoms with Crippen LogP contribution in [0.5, 0.6) is 0 Å². The van der Waals surface area contributed by atoms with E-state index in [0.717, 1.165) is 16.7 Å². The summed E-state index contributed by atoms with van der Waals surface area (Å²) >= 11 is 0. The summed E-state index contributed by atoms with van der Waals surface area (Å²) < 4.78 is 45.8. The van der Waals surface area contributed by atoms with Gasteiger partial charge in [0.1, 0.15) is 5.82 Å². The number of sulfonamides is 1. The Kier molecular flexibility index (Phi) is 5.22. The molecular formula is C19H22FNO3S. The van der Waals surface area contributed by atoms with Crippen LogP contribution in [0, 0.1) is 5.82 Å². The summed E-state index contributed by atoms with van der Waals surface area (Å²) in [5.74, 6) is -0.264. The van der Waals surface area contributed by atoms with Gasteiger partial charge in [-0.05, 0) is 49.1 Å². The van der Waals surface area contributed by atoms with Crippen LogP contribution in [0.15, 0.2) is 48.5 Å². The second kappa shape index (κ2) is 7.23. The molecule has 2 aromatic carbocycles. The van der Waals surface area contributed by atoms with Crippen molar-refractivity contribution in [2.24, 2.45) is 0 Å². The molecule has 134 valence electrons. The second-order valence-corrected chi connectivity index (χ2v) is 8.80. The molecule has 2 atom stereocenters. The van der Waals surface area contributed by atoms with Crippen LogP contribution in [0.3, 0.4) is 0 Å². The molecule has 0 bridgehead atoms. The highest BCUT2D eigenvalue weighted by atomic mass is 32.2. The van der Waals surface area contributed by atoms with Crippen molar-refractivity contribution in [1.82, 2.24) is 4.72 Å². The molecule has 0 saturated carbocycles. The van der Waals surface area contributed by atoms with E-state index in [1.54, 1.807) is 26.0 Å². The molecule has 1 aliphatic rings. The maximum absolute atomic E-state index is 13.0. The van der Waals surface area contributed by atoms with E-state index in [-0.39, 0.29) is 18.0 Å². The lowest BCUT2D eigenvalue weighted by molar-refractivity contribution is 0.102. The Morgan fingerprint density at radius 1 is 1.04 bits per heavy atom. The van der Waals surface area contributed by atoms with Crippen LogP contribution in [-0.2, 0) is 14.8 Å². The topological polar surface area (TPSA) is 55.4 Å². The van der Waals surface area contributed by atoms with Gasteiger partial charge in [-0.15, -0.1) is 0 Å². The first-order chi connectivity index (χ1) is 11.9. The molecule has 25 heavy (non-hydrogen) atoms. The van der Waals surface area contributed by atoms with Gasteiger partial charge in [0.2, 0.25) is 10.0 Å². The van der Waals surface area contributed by atoms with Crippen LogP contribution in [0.2, 0.25) is 0 Å². The highest BCUT2D eigenvalue weighted by Gasteiger charge is 2.33. The first-order valence-corrected chi connectivity index (χ1v) is 9.90. The van der Waals surface area contributed by atoms with Crippen LogP contribution in [-0.4, -0.2) is 26.3 Å². The molecule has 0 aliphatic carbocycles. The molecule has 0 aromatic heterocycles. The molecule has 1 saturated heterocycles. The third-order valence-corrected chi connectivity index (χ3v) is 6.32. The molecule has 0 unspecified atom stereocenters. The quantitative estimate of drug-likeness (QED) is 0.882. The zero-order chi connectivity index (χ0) is 18.0. The van der Waals surface area contributed by atoms with Crippen LogP contribution in [0.25, 0.3) is 11.1 Å². The average molecular weight is 363 g/mol. The lowest BCUT2D eigenvalue weighted by atomic mass is 9.99. The summed E-state index contributed by atoms with van der Waals surface area (Å²) in [5.41, 5.74) is 2.83. The number of halogens is 1. The molecule has 1 heterocycles. The fourth-order valence-electron chi connectivity index (χ4n) is 2.89. The van der Waals surface area contributed by atoms with Crippen molar-refractivity contribution in [2.45, 2.75) is 37.7 Å². The minimum Gasteiger partial charge on any atom is -0.372 e. The van der Waals surface area contributed by atoms with Gasteiger partial charge in [-0.25, -0.2) is 17.5 Å². The minimum absolute atomic E-state index is 0.260. The summed E-state index contributed by atoms with van der Waals surface area (Å²) in [5, 5.41) is -0.477. The number of nitrogens with one attached hydrogen (secondary N) is 1. The number of hydrogen-bond acceptors (Lipinski definition) is 3. The lowest BCUT2D eigenvalue weighted by Crippen LogP contribution is -2.40. The molecule has 4 nitrogen and oxygen atoms in total. The van der Waals surface area contributed by atoms with E-state index >= 15 is 0 Å². The number of ether oxygens (including phenoxy) is 1. The van der Waals surface area contributed by atoms with Gasteiger partial charge in [-0.1, -0.05) is 36.4 Å². The highest BCUT2D eigenvalue weighted by Crippen LogP contribution is 2.31. The van der Waals surface area contributed by atoms with E-state index in [9.17, 15) is 12.8 Å². The molecule has 0 amide bonds. The molecule has 1 aliphatic heterocycles. The van der Waals surface area contributed by atoms with E-state index in [0.29, 0.717) is 13.0 Å². The van der Waals surface area contributed by atoms with E-state index in [1.807, 2.05) is 24.3 Å². The van der Waals surface area contributed by atoms with Gasteiger partial charge in [0.25, 0.3) is 0 Å². The molecule has 0 radical (unpaired) electrons. The second-order valence-electron chi connectivity index (χ2n) is 6.53. The van der Waals surface area contributed by atoms with Gasteiger partial charge in [0, 0.05) is 6.61 Å². The van der Waals surface area contributed by atoms with E-state index in [2.05, 4.69) is 4.72 Å². The van der Waals surface area contributed by atoms with Crippen molar-refractivity contribution in [1.29, 1.82) is 0 Å². The molecule has 1 N–H and O–H groups in total. The first-order valence-electron chi connectivity index (χ1n) is 8.35. The van der Waals surface area contributed by atoms with Gasteiger partial charge in [0.05, 0.1) is 17.4 Å². The zero-order valence-corrected chi connectivity index (χ0v) is 15.1. The normalized spacial score (nSPS) is 21.0. The first kappa shape index (κ1) is 18.0. The van der Waals surface area contributed by atoms with Crippen LogP contribution >= 0.6 is 0 Å². The van der Waals surface area contributed by atoms with Crippen molar-refractivity contribution >= 4 is 10.0 Å². The van der Waals surface area contributed by atoms with Crippen molar-refractivity contribution in [2.75, 3.05) is 6.61 Å². The Morgan fingerprint density at radius 3 is 2.16 bits per heavy atom. The summed E-state index contributed by atoms with van der Waals surface area (Å²) in [4.78, 5) is 0. The lowest BCUT2D eigenvalue weighted by Gasteiger charge is -2.21. The van der Waals surface area contributed by atoms with Gasteiger partial charge >= 0.3 is 0 Å². The fourth-order valence-corrected chi connectivity index (χ4v) is 3.83. The summed E-state index contributed by atoms with van der Waals surface area (Å²) in [6, 6.07) is 13.8. The highest BCUT2D eigenvalue weighted by molar-refractivity contribution is 7.90.